The highest BCUT2D eigenvalue weighted by molar-refractivity contribution is 9.10. The molecule has 0 saturated heterocycles. The van der Waals surface area contributed by atoms with Gasteiger partial charge in [0, 0.05) is 4.47 Å². The molecule has 6 heteroatoms. The molecule has 0 unspecified atom stereocenters. The summed E-state index contributed by atoms with van der Waals surface area (Å²) in [6.07, 6.45) is 0. The van der Waals surface area contributed by atoms with E-state index in [0.717, 1.165) is 5.56 Å². The first-order valence-electron chi connectivity index (χ1n) is 6.33. The van der Waals surface area contributed by atoms with E-state index in [2.05, 4.69) is 20.7 Å². The van der Waals surface area contributed by atoms with Crippen LogP contribution >= 0.6 is 15.9 Å². The van der Waals surface area contributed by atoms with Crippen LogP contribution in [0, 0.1) is 13.8 Å². The fourth-order valence-corrected chi connectivity index (χ4v) is 4.05. The van der Waals surface area contributed by atoms with Gasteiger partial charge in [-0.2, -0.15) is 0 Å². The fraction of sp³-hybridized carbons (Fsp3) is 0.200. The maximum Gasteiger partial charge on any atom is 0.262 e. The SMILES string of the molecule is Cc1ccccc1NS(=O)(=O)c1cc(CO)cc(Br)c1C. The second-order valence-electron chi connectivity index (χ2n) is 4.78. The number of halogens is 1. The summed E-state index contributed by atoms with van der Waals surface area (Å²) in [5.41, 5.74) is 2.53. The number of aliphatic hydroxyl groups excluding tert-OH is 1. The van der Waals surface area contributed by atoms with E-state index in [1.165, 1.54) is 6.07 Å². The molecule has 0 radical (unpaired) electrons. The van der Waals surface area contributed by atoms with E-state index in [1.54, 1.807) is 25.1 Å². The molecular weight excluding hydrogens is 354 g/mol. The Morgan fingerprint density at radius 3 is 2.48 bits per heavy atom. The lowest BCUT2D eigenvalue weighted by Gasteiger charge is -2.14. The van der Waals surface area contributed by atoms with Gasteiger partial charge < -0.3 is 5.11 Å². The molecule has 2 aromatic rings. The molecule has 21 heavy (non-hydrogen) atoms. The summed E-state index contributed by atoms with van der Waals surface area (Å²) in [5.74, 6) is 0. The van der Waals surface area contributed by atoms with Crippen molar-refractivity contribution in [1.29, 1.82) is 0 Å². The zero-order valence-electron chi connectivity index (χ0n) is 11.7. The van der Waals surface area contributed by atoms with Crippen LogP contribution in [0.3, 0.4) is 0 Å². The number of sulfonamides is 1. The van der Waals surface area contributed by atoms with Gasteiger partial charge >= 0.3 is 0 Å². The van der Waals surface area contributed by atoms with E-state index in [0.29, 0.717) is 21.3 Å². The van der Waals surface area contributed by atoms with Gasteiger partial charge in [0.05, 0.1) is 17.2 Å². The van der Waals surface area contributed by atoms with Crippen LogP contribution < -0.4 is 4.72 Å². The van der Waals surface area contributed by atoms with Crippen molar-refractivity contribution >= 4 is 31.6 Å². The Morgan fingerprint density at radius 1 is 1.19 bits per heavy atom. The zero-order valence-corrected chi connectivity index (χ0v) is 14.1. The quantitative estimate of drug-likeness (QED) is 0.867. The van der Waals surface area contributed by atoms with Crippen LogP contribution in [0.1, 0.15) is 16.7 Å². The smallest absolute Gasteiger partial charge is 0.262 e. The number of aliphatic hydroxyl groups is 1. The molecule has 2 aromatic carbocycles. The van der Waals surface area contributed by atoms with Crippen molar-refractivity contribution in [3.8, 4) is 0 Å². The van der Waals surface area contributed by atoms with Crippen molar-refractivity contribution in [2.24, 2.45) is 0 Å². The normalized spacial score (nSPS) is 11.4. The molecule has 0 heterocycles. The number of anilines is 1. The minimum atomic E-state index is -3.71. The average molecular weight is 370 g/mol. The van der Waals surface area contributed by atoms with E-state index in [-0.39, 0.29) is 11.5 Å². The monoisotopic (exact) mass is 369 g/mol. The first kappa shape index (κ1) is 16.0. The summed E-state index contributed by atoms with van der Waals surface area (Å²) in [6.45, 7) is 3.34. The topological polar surface area (TPSA) is 66.4 Å². The van der Waals surface area contributed by atoms with Crippen molar-refractivity contribution in [2.75, 3.05) is 4.72 Å². The molecule has 0 fully saturated rings. The van der Waals surface area contributed by atoms with Crippen LogP contribution in [-0.4, -0.2) is 13.5 Å². The molecule has 0 saturated carbocycles. The maximum atomic E-state index is 12.6. The lowest BCUT2D eigenvalue weighted by atomic mass is 10.2. The van der Waals surface area contributed by atoms with E-state index >= 15 is 0 Å². The third-order valence-electron chi connectivity index (χ3n) is 3.22. The van der Waals surface area contributed by atoms with Crippen LogP contribution in [0.2, 0.25) is 0 Å². The highest BCUT2D eigenvalue weighted by Gasteiger charge is 2.20. The summed E-state index contributed by atoms with van der Waals surface area (Å²) in [5, 5.41) is 9.24. The minimum Gasteiger partial charge on any atom is -0.392 e. The van der Waals surface area contributed by atoms with Gasteiger partial charge in [-0.25, -0.2) is 8.42 Å². The molecule has 0 aliphatic carbocycles. The van der Waals surface area contributed by atoms with Crippen LogP contribution in [0.4, 0.5) is 5.69 Å². The van der Waals surface area contributed by atoms with Crippen LogP contribution in [-0.2, 0) is 16.6 Å². The Kier molecular flexibility index (Phi) is 4.70. The highest BCUT2D eigenvalue weighted by Crippen LogP contribution is 2.28. The van der Waals surface area contributed by atoms with E-state index < -0.39 is 10.0 Å². The molecule has 2 N–H and O–H groups in total. The Balaban J connectivity index is 2.50. The van der Waals surface area contributed by atoms with Crippen molar-refractivity contribution in [3.05, 3.63) is 57.6 Å². The summed E-state index contributed by atoms with van der Waals surface area (Å²) in [4.78, 5) is 0.157. The van der Waals surface area contributed by atoms with Crippen molar-refractivity contribution in [3.63, 3.8) is 0 Å². The lowest BCUT2D eigenvalue weighted by Crippen LogP contribution is -2.15. The van der Waals surface area contributed by atoms with Crippen molar-refractivity contribution in [1.82, 2.24) is 0 Å². The first-order valence-corrected chi connectivity index (χ1v) is 8.61. The predicted molar refractivity (Wildman–Crippen MR) is 86.8 cm³/mol. The predicted octanol–water partition coefficient (Wildman–Crippen LogP) is 3.36. The van der Waals surface area contributed by atoms with Gasteiger partial charge in [-0.1, -0.05) is 34.1 Å². The number of nitrogens with one attached hydrogen (secondary N) is 1. The molecular formula is C15H16BrNO3S. The van der Waals surface area contributed by atoms with E-state index in [1.807, 2.05) is 19.1 Å². The number of hydrogen-bond donors (Lipinski definition) is 2. The second kappa shape index (κ2) is 6.17. The van der Waals surface area contributed by atoms with Crippen molar-refractivity contribution < 1.29 is 13.5 Å². The van der Waals surface area contributed by atoms with Gasteiger partial charge in [0.25, 0.3) is 10.0 Å². The molecule has 112 valence electrons. The largest absolute Gasteiger partial charge is 0.392 e. The Hall–Kier alpha value is -1.37. The standard InChI is InChI=1S/C15H16BrNO3S/c1-10-5-3-4-6-14(10)17-21(19,20)15-8-12(9-18)7-13(16)11(15)2/h3-8,17-18H,9H2,1-2H3. The highest BCUT2D eigenvalue weighted by atomic mass is 79.9. The molecule has 0 spiro atoms. The van der Waals surface area contributed by atoms with Gasteiger partial charge in [0.15, 0.2) is 0 Å². The number of rotatable bonds is 4. The molecule has 0 aliphatic heterocycles. The molecule has 4 nitrogen and oxygen atoms in total. The summed E-state index contributed by atoms with van der Waals surface area (Å²) >= 11 is 3.33. The molecule has 0 atom stereocenters. The zero-order chi connectivity index (χ0) is 15.6. The summed E-state index contributed by atoms with van der Waals surface area (Å²) in [6, 6.07) is 10.4. The van der Waals surface area contributed by atoms with Gasteiger partial charge in [0.2, 0.25) is 0 Å². The third kappa shape index (κ3) is 3.45. The Morgan fingerprint density at radius 2 is 1.86 bits per heavy atom. The summed E-state index contributed by atoms with van der Waals surface area (Å²) in [7, 11) is -3.71. The number of hydrogen-bond acceptors (Lipinski definition) is 3. The third-order valence-corrected chi connectivity index (χ3v) is 5.53. The minimum absolute atomic E-state index is 0.157. The van der Waals surface area contributed by atoms with Gasteiger partial charge in [-0.15, -0.1) is 0 Å². The van der Waals surface area contributed by atoms with Crippen LogP contribution in [0.25, 0.3) is 0 Å². The number of para-hydroxylation sites is 1. The molecule has 0 aromatic heterocycles. The first-order chi connectivity index (χ1) is 9.85. The summed E-state index contributed by atoms with van der Waals surface area (Å²) < 4.78 is 28.4. The van der Waals surface area contributed by atoms with E-state index in [4.69, 9.17) is 0 Å². The lowest BCUT2D eigenvalue weighted by molar-refractivity contribution is 0.281. The number of benzene rings is 2. The molecule has 0 aliphatic rings. The Bertz CT molecular complexity index is 772. The second-order valence-corrected chi connectivity index (χ2v) is 7.28. The molecule has 0 bridgehead atoms. The average Bonchev–Trinajstić information content (AvgIpc) is 2.43. The molecule has 2 rings (SSSR count). The van der Waals surface area contributed by atoms with E-state index in [9.17, 15) is 13.5 Å². The van der Waals surface area contributed by atoms with Crippen molar-refractivity contribution in [2.45, 2.75) is 25.3 Å². The Labute approximate surface area is 133 Å². The fourth-order valence-electron chi connectivity index (χ4n) is 1.96. The van der Waals surface area contributed by atoms with Gasteiger partial charge in [-0.05, 0) is 48.7 Å². The van der Waals surface area contributed by atoms with Crippen LogP contribution in [0.5, 0.6) is 0 Å². The van der Waals surface area contributed by atoms with Gasteiger partial charge in [-0.3, -0.25) is 4.72 Å². The molecule has 0 amide bonds. The number of aryl methyl sites for hydroxylation is 1. The van der Waals surface area contributed by atoms with Crippen LogP contribution in [0.15, 0.2) is 45.8 Å². The van der Waals surface area contributed by atoms with Gasteiger partial charge in [0.1, 0.15) is 0 Å². The maximum absolute atomic E-state index is 12.6.